The molecule has 0 amide bonds. The first-order valence-electron chi connectivity index (χ1n) is 3.75. The van der Waals surface area contributed by atoms with Gasteiger partial charge in [-0.15, -0.1) is 6.58 Å². The maximum Gasteiger partial charge on any atom is 0.177 e. The molecule has 60 valence electrons. The van der Waals surface area contributed by atoms with E-state index in [1.54, 1.807) is 6.08 Å². The molecule has 0 aromatic rings. The summed E-state index contributed by atoms with van der Waals surface area (Å²) in [7, 11) is 0. The third-order valence-electron chi connectivity index (χ3n) is 1.26. The second kappa shape index (κ2) is 7.00. The quantitative estimate of drug-likeness (QED) is 0.323. The number of hydrogen-bond donors (Lipinski definition) is 0. The molecule has 0 heterocycles. The second-order valence-electron chi connectivity index (χ2n) is 2.23. The Morgan fingerprint density at radius 3 is 2.55 bits per heavy atom. The smallest absolute Gasteiger partial charge is 0.177 e. The summed E-state index contributed by atoms with van der Waals surface area (Å²) in [6, 6.07) is 0. The molecule has 0 atom stereocenters. The Balaban J connectivity index is 3.36. The zero-order valence-corrected chi connectivity index (χ0v) is 6.75. The normalized spacial score (nSPS) is 9.82. The lowest BCUT2D eigenvalue weighted by atomic mass is 10.2. The lowest BCUT2D eigenvalue weighted by Crippen LogP contribution is -1.82. The topological polar surface area (TPSA) is 17.1 Å². The summed E-state index contributed by atoms with van der Waals surface area (Å²) in [6.07, 6.45) is 9.61. The van der Waals surface area contributed by atoms with Crippen molar-refractivity contribution < 1.29 is 4.79 Å². The van der Waals surface area contributed by atoms with Crippen LogP contribution in [0.3, 0.4) is 0 Å². The van der Waals surface area contributed by atoms with Crippen LogP contribution in [0.4, 0.5) is 0 Å². The van der Waals surface area contributed by atoms with Crippen molar-refractivity contribution in [1.82, 2.24) is 0 Å². The third kappa shape index (κ3) is 6.78. The van der Waals surface area contributed by atoms with Crippen molar-refractivity contribution in [2.75, 3.05) is 0 Å². The lowest BCUT2D eigenvalue weighted by molar-refractivity contribution is -0.110. The zero-order chi connectivity index (χ0) is 8.53. The molecule has 0 N–H and O–H groups in total. The summed E-state index contributed by atoms with van der Waals surface area (Å²) in [6.45, 7) is 6.96. The molecule has 0 saturated carbocycles. The van der Waals surface area contributed by atoms with Crippen LogP contribution in [0.5, 0.6) is 0 Å². The molecule has 1 heteroatoms. The molecule has 0 bridgehead atoms. The Morgan fingerprint density at radius 1 is 1.27 bits per heavy atom. The zero-order valence-electron chi connectivity index (χ0n) is 6.75. The van der Waals surface area contributed by atoms with Gasteiger partial charge in [0.2, 0.25) is 0 Å². The number of carbonyl (C=O) groups is 1. The molecule has 1 nitrogen and oxygen atoms in total. The van der Waals surface area contributed by atoms with Crippen LogP contribution < -0.4 is 0 Å². The molecular weight excluding hydrogens is 136 g/mol. The highest BCUT2D eigenvalue weighted by Gasteiger charge is 1.84. The predicted molar refractivity (Wildman–Crippen MR) is 48.4 cm³/mol. The Morgan fingerprint density at radius 2 is 2.00 bits per heavy atom. The lowest BCUT2D eigenvalue weighted by Gasteiger charge is -1.87. The van der Waals surface area contributed by atoms with E-state index in [4.69, 9.17) is 0 Å². The average Bonchev–Trinajstić information content (AvgIpc) is 2.04. The van der Waals surface area contributed by atoms with Gasteiger partial charge in [-0.25, -0.2) is 0 Å². The molecule has 0 aromatic heterocycles. The second-order valence-corrected chi connectivity index (χ2v) is 2.23. The molecular formula is C10H14O. The van der Waals surface area contributed by atoms with Gasteiger partial charge >= 0.3 is 0 Å². The van der Waals surface area contributed by atoms with Gasteiger partial charge in [0.05, 0.1) is 0 Å². The molecule has 0 spiro atoms. The van der Waals surface area contributed by atoms with Gasteiger partial charge in [0, 0.05) is 0 Å². The van der Waals surface area contributed by atoms with E-state index in [0.717, 1.165) is 19.3 Å². The predicted octanol–water partition coefficient (Wildman–Crippen LogP) is 2.65. The molecule has 0 fully saturated rings. The summed E-state index contributed by atoms with van der Waals surface area (Å²) < 4.78 is 0. The van der Waals surface area contributed by atoms with Crippen molar-refractivity contribution in [2.45, 2.75) is 19.3 Å². The maximum absolute atomic E-state index is 10.6. The standard InChI is InChI=1S/C10H14O/c1-3-5-6-7-8-9-10(11)4-2/h3-4,8-9H,1-2,5-7H2. The van der Waals surface area contributed by atoms with E-state index in [-0.39, 0.29) is 5.78 Å². The largest absolute Gasteiger partial charge is 0.290 e. The van der Waals surface area contributed by atoms with Crippen LogP contribution in [-0.4, -0.2) is 5.78 Å². The summed E-state index contributed by atoms with van der Waals surface area (Å²) in [5.41, 5.74) is 0. The highest BCUT2D eigenvalue weighted by Crippen LogP contribution is 1.96. The molecule has 0 aromatic carbocycles. The minimum absolute atomic E-state index is 0.0244. The summed E-state index contributed by atoms with van der Waals surface area (Å²) >= 11 is 0. The molecule has 0 aliphatic rings. The minimum atomic E-state index is -0.0244. The van der Waals surface area contributed by atoms with E-state index in [1.165, 1.54) is 6.08 Å². The van der Waals surface area contributed by atoms with E-state index < -0.39 is 0 Å². The maximum atomic E-state index is 10.6. The van der Waals surface area contributed by atoms with E-state index in [0.29, 0.717) is 0 Å². The minimum Gasteiger partial charge on any atom is -0.290 e. The van der Waals surface area contributed by atoms with Crippen molar-refractivity contribution in [3.05, 3.63) is 37.5 Å². The number of hydrogen-bond acceptors (Lipinski definition) is 1. The Bertz CT molecular complexity index is 166. The summed E-state index contributed by atoms with van der Waals surface area (Å²) in [4.78, 5) is 10.6. The summed E-state index contributed by atoms with van der Waals surface area (Å²) in [5, 5.41) is 0. The molecule has 0 aliphatic carbocycles. The Hall–Kier alpha value is -1.11. The van der Waals surface area contributed by atoms with Crippen LogP contribution in [0, 0.1) is 0 Å². The number of allylic oxidation sites excluding steroid dienone is 4. The molecule has 0 saturated heterocycles. The Labute approximate surface area is 68.1 Å². The molecule has 0 aliphatic heterocycles. The van der Waals surface area contributed by atoms with Crippen LogP contribution in [0.15, 0.2) is 37.5 Å². The first-order valence-corrected chi connectivity index (χ1v) is 3.75. The first-order chi connectivity index (χ1) is 5.31. The van der Waals surface area contributed by atoms with Gasteiger partial charge in [0.25, 0.3) is 0 Å². The van der Waals surface area contributed by atoms with Crippen LogP contribution in [0.2, 0.25) is 0 Å². The average molecular weight is 150 g/mol. The number of carbonyl (C=O) groups excluding carboxylic acids is 1. The summed E-state index contributed by atoms with van der Waals surface area (Å²) in [5.74, 6) is -0.0244. The van der Waals surface area contributed by atoms with E-state index >= 15 is 0 Å². The molecule has 0 radical (unpaired) electrons. The van der Waals surface area contributed by atoms with Crippen LogP contribution in [-0.2, 0) is 4.79 Å². The van der Waals surface area contributed by atoms with Gasteiger partial charge < -0.3 is 0 Å². The van der Waals surface area contributed by atoms with Crippen molar-refractivity contribution in [3.8, 4) is 0 Å². The number of unbranched alkanes of at least 4 members (excludes halogenated alkanes) is 2. The van der Waals surface area contributed by atoms with Gasteiger partial charge in [-0.3, -0.25) is 4.79 Å². The number of ketones is 1. The van der Waals surface area contributed by atoms with Gasteiger partial charge in [-0.05, 0) is 31.4 Å². The van der Waals surface area contributed by atoms with Crippen molar-refractivity contribution in [1.29, 1.82) is 0 Å². The van der Waals surface area contributed by atoms with E-state index in [1.807, 2.05) is 12.2 Å². The van der Waals surface area contributed by atoms with Gasteiger partial charge in [-0.2, -0.15) is 0 Å². The van der Waals surface area contributed by atoms with Gasteiger partial charge in [0.15, 0.2) is 5.78 Å². The first kappa shape index (κ1) is 9.89. The Kier molecular flexibility index (Phi) is 6.30. The van der Waals surface area contributed by atoms with Crippen molar-refractivity contribution in [3.63, 3.8) is 0 Å². The molecule has 0 unspecified atom stereocenters. The monoisotopic (exact) mass is 150 g/mol. The van der Waals surface area contributed by atoms with Gasteiger partial charge in [-0.1, -0.05) is 18.7 Å². The van der Waals surface area contributed by atoms with E-state index in [2.05, 4.69) is 13.2 Å². The number of rotatable bonds is 6. The molecule has 0 rings (SSSR count). The van der Waals surface area contributed by atoms with Crippen LogP contribution in [0.1, 0.15) is 19.3 Å². The van der Waals surface area contributed by atoms with Crippen LogP contribution >= 0.6 is 0 Å². The SMILES string of the molecule is C=CCCCC=CC(=O)C=C. The van der Waals surface area contributed by atoms with Gasteiger partial charge in [0.1, 0.15) is 0 Å². The highest BCUT2D eigenvalue weighted by molar-refractivity contribution is 5.98. The van der Waals surface area contributed by atoms with E-state index in [9.17, 15) is 4.79 Å². The third-order valence-corrected chi connectivity index (χ3v) is 1.26. The van der Waals surface area contributed by atoms with Crippen LogP contribution in [0.25, 0.3) is 0 Å². The fourth-order valence-corrected chi connectivity index (χ4v) is 0.648. The van der Waals surface area contributed by atoms with Crippen molar-refractivity contribution >= 4 is 5.78 Å². The van der Waals surface area contributed by atoms with Crippen molar-refractivity contribution in [2.24, 2.45) is 0 Å². The highest BCUT2D eigenvalue weighted by atomic mass is 16.1. The fraction of sp³-hybridized carbons (Fsp3) is 0.300. The molecule has 11 heavy (non-hydrogen) atoms. The fourth-order valence-electron chi connectivity index (χ4n) is 0.648.